The molecule has 1 aliphatic heterocycles. The van der Waals surface area contributed by atoms with Crippen molar-refractivity contribution in [2.75, 3.05) is 25.5 Å². The number of aromatic nitrogens is 2. The third kappa shape index (κ3) is 6.77. The Bertz CT molecular complexity index is 1320. The molecule has 5 rings (SSSR count). The largest absolute Gasteiger partial charge is 0.339 e. The summed E-state index contributed by atoms with van der Waals surface area (Å²) in [5, 5.41) is 9.91. The van der Waals surface area contributed by atoms with Gasteiger partial charge in [0.2, 0.25) is 11.8 Å². The number of hydrogen-bond donors (Lipinski definition) is 3. The first kappa shape index (κ1) is 31.1. The average molecular weight is 596 g/mol. The molecule has 1 saturated heterocycles. The van der Waals surface area contributed by atoms with Gasteiger partial charge >= 0.3 is 0 Å². The number of aryl methyl sites for hydroxylation is 1. The molecule has 0 spiro atoms. The maximum atomic E-state index is 15.5. The summed E-state index contributed by atoms with van der Waals surface area (Å²) < 4.78 is 17.1. The second kappa shape index (κ2) is 12.7. The lowest BCUT2D eigenvalue weighted by Gasteiger charge is -2.43. The Kier molecular flexibility index (Phi) is 9.22. The number of carbonyl (C=O) groups excluding carboxylic acids is 3. The topological polar surface area (TPSA) is 126 Å². The number of benzene rings is 1. The minimum absolute atomic E-state index is 0.00771. The minimum atomic E-state index is -0.823. The van der Waals surface area contributed by atoms with Crippen LogP contribution in [0.5, 0.6) is 0 Å². The molecule has 2 aromatic rings. The van der Waals surface area contributed by atoms with E-state index >= 15 is 4.39 Å². The van der Waals surface area contributed by atoms with Gasteiger partial charge < -0.3 is 21.3 Å². The van der Waals surface area contributed by atoms with Crippen molar-refractivity contribution < 1.29 is 18.8 Å². The second-order valence-corrected chi connectivity index (χ2v) is 12.9. The molecule has 3 aliphatic rings. The minimum Gasteiger partial charge on any atom is -0.339 e. The first-order chi connectivity index (χ1) is 20.5. The summed E-state index contributed by atoms with van der Waals surface area (Å²) in [4.78, 5) is 44.3. The molecule has 3 fully saturated rings. The zero-order valence-corrected chi connectivity index (χ0v) is 25.9. The molecule has 2 saturated carbocycles. The highest BCUT2D eigenvalue weighted by molar-refractivity contribution is 6.01. The third-order valence-electron chi connectivity index (χ3n) is 9.81. The fourth-order valence-corrected chi connectivity index (χ4v) is 6.56. The van der Waals surface area contributed by atoms with E-state index in [0.29, 0.717) is 42.7 Å². The highest BCUT2D eigenvalue weighted by Gasteiger charge is 2.48. The van der Waals surface area contributed by atoms with Crippen molar-refractivity contribution in [2.24, 2.45) is 23.5 Å². The Hall–Kier alpha value is -3.31. The van der Waals surface area contributed by atoms with Crippen LogP contribution >= 0.6 is 0 Å². The molecule has 234 valence electrons. The number of nitrogens with zero attached hydrogens (tertiary/aromatic N) is 4. The summed E-state index contributed by atoms with van der Waals surface area (Å²) in [6.45, 7) is 9.61. The molecule has 0 bridgehead atoms. The summed E-state index contributed by atoms with van der Waals surface area (Å²) in [6.07, 6.45) is 5.68. The van der Waals surface area contributed by atoms with E-state index in [1.54, 1.807) is 27.9 Å². The van der Waals surface area contributed by atoms with Crippen molar-refractivity contribution in [3.8, 4) is 0 Å². The van der Waals surface area contributed by atoms with Crippen molar-refractivity contribution in [1.29, 1.82) is 0 Å². The number of nitrogens with one attached hydrogen (secondary N) is 2. The number of amides is 3. The first-order valence-electron chi connectivity index (χ1n) is 15.7. The van der Waals surface area contributed by atoms with E-state index in [1.165, 1.54) is 12.1 Å². The van der Waals surface area contributed by atoms with Crippen LogP contribution in [0, 0.1) is 23.6 Å². The van der Waals surface area contributed by atoms with E-state index < -0.39 is 29.7 Å². The quantitative estimate of drug-likeness (QED) is 0.367. The zero-order chi connectivity index (χ0) is 31.0. The number of carbonyl (C=O) groups is 3. The lowest BCUT2D eigenvalue weighted by atomic mass is 9.88. The zero-order valence-electron chi connectivity index (χ0n) is 25.9. The number of rotatable bonds is 11. The van der Waals surface area contributed by atoms with Crippen LogP contribution in [-0.2, 0) is 16.1 Å². The van der Waals surface area contributed by atoms with Crippen LogP contribution in [0.25, 0.3) is 0 Å². The van der Waals surface area contributed by atoms with Gasteiger partial charge in [0, 0.05) is 43.8 Å². The molecule has 0 radical (unpaired) electrons. The third-order valence-corrected chi connectivity index (χ3v) is 9.81. The summed E-state index contributed by atoms with van der Waals surface area (Å²) in [5.74, 6) is -1.22. The Morgan fingerprint density at radius 1 is 1.07 bits per heavy atom. The standard InChI is InChI=1S/C32H46FN7O3/c1-6-40-26(13-14-35-40)30(41)37-29(27(21-7-8-21)22-9-10-22)31(42)36-25-12-11-23(15-24(25)33)20(4)28(34)32(43)39-16-18(2)38(5)19(3)17-39/h11-15,18-22,27-29H,6-10,16-17,34H2,1-5H3,(H,36,42)(H,37,41)/t18-,19+,20-,28+,29-/m0/s1. The van der Waals surface area contributed by atoms with Crippen LogP contribution in [-0.4, -0.2) is 81.6 Å². The summed E-state index contributed by atoms with van der Waals surface area (Å²) in [7, 11) is 2.05. The van der Waals surface area contributed by atoms with Gasteiger partial charge in [0.1, 0.15) is 17.6 Å². The maximum Gasteiger partial charge on any atom is 0.270 e. The average Bonchev–Trinajstić information content (AvgIpc) is 3.94. The van der Waals surface area contributed by atoms with Gasteiger partial charge in [0.15, 0.2) is 0 Å². The Balaban J connectivity index is 1.29. The Morgan fingerprint density at radius 3 is 2.26 bits per heavy atom. The molecule has 1 aromatic heterocycles. The van der Waals surface area contributed by atoms with Gasteiger partial charge in [-0.15, -0.1) is 0 Å². The fourth-order valence-electron chi connectivity index (χ4n) is 6.56. The van der Waals surface area contributed by atoms with Gasteiger partial charge in [0.25, 0.3) is 5.91 Å². The molecule has 10 nitrogen and oxygen atoms in total. The fraction of sp³-hybridized carbons (Fsp3) is 0.625. The van der Waals surface area contributed by atoms with Crippen LogP contribution in [0.15, 0.2) is 30.5 Å². The summed E-state index contributed by atoms with van der Waals surface area (Å²) in [5.41, 5.74) is 7.43. The first-order valence-corrected chi connectivity index (χ1v) is 15.7. The summed E-state index contributed by atoms with van der Waals surface area (Å²) in [6, 6.07) is 5.03. The summed E-state index contributed by atoms with van der Waals surface area (Å²) >= 11 is 0. The number of halogens is 1. The van der Waals surface area contributed by atoms with E-state index in [4.69, 9.17) is 5.73 Å². The molecule has 0 unspecified atom stereocenters. The normalized spacial score (nSPS) is 23.1. The van der Waals surface area contributed by atoms with Crippen molar-refractivity contribution in [3.05, 3.63) is 47.5 Å². The smallest absolute Gasteiger partial charge is 0.270 e. The van der Waals surface area contributed by atoms with Gasteiger partial charge in [-0.3, -0.25) is 24.0 Å². The molecule has 43 heavy (non-hydrogen) atoms. The number of hydrogen-bond acceptors (Lipinski definition) is 6. The number of piperazine rings is 1. The lowest BCUT2D eigenvalue weighted by molar-refractivity contribution is -0.137. The van der Waals surface area contributed by atoms with E-state index in [0.717, 1.165) is 25.7 Å². The molecule has 4 N–H and O–H groups in total. The van der Waals surface area contributed by atoms with Gasteiger partial charge in [-0.2, -0.15) is 5.10 Å². The van der Waals surface area contributed by atoms with Crippen LogP contribution in [0.4, 0.5) is 10.1 Å². The van der Waals surface area contributed by atoms with Crippen molar-refractivity contribution in [2.45, 2.75) is 90.0 Å². The monoisotopic (exact) mass is 595 g/mol. The lowest BCUT2D eigenvalue weighted by Crippen LogP contribution is -2.59. The Labute approximate surface area is 253 Å². The van der Waals surface area contributed by atoms with Crippen LogP contribution in [0.1, 0.15) is 75.3 Å². The molecule has 11 heteroatoms. The number of anilines is 1. The highest BCUT2D eigenvalue weighted by atomic mass is 19.1. The van der Waals surface area contributed by atoms with Crippen LogP contribution in [0.2, 0.25) is 0 Å². The van der Waals surface area contributed by atoms with E-state index in [-0.39, 0.29) is 35.5 Å². The maximum absolute atomic E-state index is 15.5. The van der Waals surface area contributed by atoms with Crippen LogP contribution in [0.3, 0.4) is 0 Å². The molecule has 3 amide bonds. The van der Waals surface area contributed by atoms with Gasteiger partial charge in [-0.25, -0.2) is 4.39 Å². The van der Waals surface area contributed by atoms with E-state index in [2.05, 4.69) is 41.5 Å². The van der Waals surface area contributed by atoms with Gasteiger partial charge in [-0.05, 0) is 95.0 Å². The van der Waals surface area contributed by atoms with E-state index in [9.17, 15) is 14.4 Å². The number of likely N-dealkylation sites (N-methyl/N-ethyl adjacent to an activating group) is 1. The number of nitrogens with two attached hydrogens (primary N) is 1. The molecule has 2 aliphatic carbocycles. The van der Waals surface area contributed by atoms with Gasteiger partial charge in [0.05, 0.1) is 11.7 Å². The van der Waals surface area contributed by atoms with Gasteiger partial charge in [-0.1, -0.05) is 13.0 Å². The SMILES string of the molecule is CCn1nccc1C(=O)N[C@H](C(=O)Nc1ccc([C@H](C)[C@@H](N)C(=O)N2C[C@@H](C)N(C)[C@@H](C)C2)cc1F)C(C1CC1)C1CC1. The van der Waals surface area contributed by atoms with E-state index in [1.807, 2.05) is 13.8 Å². The predicted molar refractivity (Wildman–Crippen MR) is 163 cm³/mol. The molecular weight excluding hydrogens is 549 g/mol. The molecular formula is C32H46FN7O3. The Morgan fingerprint density at radius 2 is 1.70 bits per heavy atom. The van der Waals surface area contributed by atoms with Crippen molar-refractivity contribution in [1.82, 2.24) is 24.9 Å². The van der Waals surface area contributed by atoms with Crippen LogP contribution < -0.4 is 16.4 Å². The molecule has 5 atom stereocenters. The predicted octanol–water partition coefficient (Wildman–Crippen LogP) is 3.20. The second-order valence-electron chi connectivity index (χ2n) is 12.9. The highest BCUT2D eigenvalue weighted by Crippen LogP contribution is 2.51. The molecule has 2 heterocycles. The van der Waals surface area contributed by atoms with Crippen molar-refractivity contribution >= 4 is 23.4 Å². The van der Waals surface area contributed by atoms with Crippen molar-refractivity contribution in [3.63, 3.8) is 0 Å². The molecule has 1 aromatic carbocycles.